The van der Waals surface area contributed by atoms with Crippen molar-refractivity contribution in [1.82, 2.24) is 0 Å². The van der Waals surface area contributed by atoms with Gasteiger partial charge < -0.3 is 5.73 Å². The van der Waals surface area contributed by atoms with Crippen LogP contribution in [-0.4, -0.2) is 17.3 Å². The Morgan fingerprint density at radius 3 is 2.56 bits per heavy atom. The first kappa shape index (κ1) is 13.2. The van der Waals surface area contributed by atoms with Crippen LogP contribution in [0.25, 0.3) is 0 Å². The molecule has 1 aliphatic heterocycles. The molecular weight excluding hydrogens is 226 g/mol. The third kappa shape index (κ3) is 2.79. The summed E-state index contributed by atoms with van der Waals surface area (Å²) in [5.41, 5.74) is 7.62. The molecule has 100 valence electrons. The maximum Gasteiger partial charge on any atom is 0.217 e. The molecule has 0 saturated heterocycles. The van der Waals surface area contributed by atoms with E-state index in [1.807, 2.05) is 6.92 Å². The van der Waals surface area contributed by atoms with E-state index in [4.69, 9.17) is 5.73 Å². The first-order chi connectivity index (χ1) is 8.59. The van der Waals surface area contributed by atoms with Gasteiger partial charge in [0.05, 0.1) is 0 Å². The zero-order valence-corrected chi connectivity index (χ0v) is 11.4. The molecule has 0 aromatic rings. The fraction of sp³-hybridized carbons (Fsp3) is 0.786. The van der Waals surface area contributed by atoms with E-state index in [9.17, 15) is 4.79 Å². The molecule has 4 heteroatoms. The predicted molar refractivity (Wildman–Crippen MR) is 73.6 cm³/mol. The number of amides is 1. The quantitative estimate of drug-likeness (QED) is 0.802. The van der Waals surface area contributed by atoms with Gasteiger partial charge >= 0.3 is 0 Å². The van der Waals surface area contributed by atoms with Gasteiger partial charge in [0.25, 0.3) is 0 Å². The van der Waals surface area contributed by atoms with Gasteiger partial charge in [0.15, 0.2) is 0 Å². The van der Waals surface area contributed by atoms with Crippen LogP contribution >= 0.6 is 0 Å². The number of carbonyl (C=O) groups is 1. The second-order valence-electron chi connectivity index (χ2n) is 5.68. The van der Waals surface area contributed by atoms with Crippen LogP contribution in [0.4, 0.5) is 0 Å². The SMILES string of the molecule is CC1=NN=C(C)[C@@H]2CCCCC[C@@H](CC(N)=O)[C@@H]12. The monoisotopic (exact) mass is 249 g/mol. The number of primary amides is 1. The number of rotatable bonds is 2. The van der Waals surface area contributed by atoms with Crippen LogP contribution in [-0.2, 0) is 4.79 Å². The Kier molecular flexibility index (Phi) is 4.15. The van der Waals surface area contributed by atoms with E-state index in [2.05, 4.69) is 17.1 Å². The van der Waals surface area contributed by atoms with Crippen molar-refractivity contribution in [3.63, 3.8) is 0 Å². The molecule has 18 heavy (non-hydrogen) atoms. The average molecular weight is 249 g/mol. The highest BCUT2D eigenvalue weighted by atomic mass is 16.1. The minimum Gasteiger partial charge on any atom is -0.370 e. The Morgan fingerprint density at radius 2 is 1.83 bits per heavy atom. The number of nitrogens with two attached hydrogens (primary N) is 1. The lowest BCUT2D eigenvalue weighted by Gasteiger charge is -2.36. The van der Waals surface area contributed by atoms with E-state index >= 15 is 0 Å². The third-order valence-corrected chi connectivity index (χ3v) is 4.38. The van der Waals surface area contributed by atoms with Crippen LogP contribution in [0.3, 0.4) is 0 Å². The van der Waals surface area contributed by atoms with Crippen LogP contribution in [0.2, 0.25) is 0 Å². The second-order valence-corrected chi connectivity index (χ2v) is 5.68. The fourth-order valence-corrected chi connectivity index (χ4v) is 3.52. The third-order valence-electron chi connectivity index (χ3n) is 4.38. The number of hydrogen-bond acceptors (Lipinski definition) is 3. The van der Waals surface area contributed by atoms with E-state index in [-0.39, 0.29) is 5.91 Å². The Labute approximate surface area is 109 Å². The van der Waals surface area contributed by atoms with Crippen molar-refractivity contribution in [3.05, 3.63) is 0 Å². The van der Waals surface area contributed by atoms with Crippen molar-refractivity contribution in [3.8, 4) is 0 Å². The standard InChI is InChI=1S/C14H23N3O/c1-9-12-7-5-3-4-6-11(8-13(15)18)14(12)10(2)17-16-9/h11-12,14H,3-8H2,1-2H3,(H2,15,18)/t11-,12-,14+/m0/s1. The van der Waals surface area contributed by atoms with Gasteiger partial charge in [0, 0.05) is 29.7 Å². The summed E-state index contributed by atoms with van der Waals surface area (Å²) < 4.78 is 0. The molecule has 2 aliphatic rings. The number of nitrogens with zero attached hydrogens (tertiary/aromatic N) is 2. The molecule has 4 nitrogen and oxygen atoms in total. The van der Waals surface area contributed by atoms with Crippen molar-refractivity contribution < 1.29 is 4.79 Å². The predicted octanol–water partition coefficient (Wildman–Crippen LogP) is 2.52. The summed E-state index contributed by atoms with van der Waals surface area (Å²) >= 11 is 0. The van der Waals surface area contributed by atoms with Crippen LogP contribution in [0.5, 0.6) is 0 Å². The molecule has 1 aliphatic carbocycles. The number of hydrogen-bond donors (Lipinski definition) is 1. The van der Waals surface area contributed by atoms with Crippen molar-refractivity contribution >= 4 is 17.3 Å². The summed E-state index contributed by atoms with van der Waals surface area (Å²) in [6.45, 7) is 4.11. The van der Waals surface area contributed by atoms with E-state index < -0.39 is 0 Å². The van der Waals surface area contributed by atoms with E-state index in [0.29, 0.717) is 24.2 Å². The first-order valence-corrected chi connectivity index (χ1v) is 6.96. The summed E-state index contributed by atoms with van der Waals surface area (Å²) in [5.74, 6) is 0.997. The summed E-state index contributed by atoms with van der Waals surface area (Å²) in [7, 11) is 0. The molecule has 0 aromatic heterocycles. The van der Waals surface area contributed by atoms with E-state index in [1.54, 1.807) is 0 Å². The Hall–Kier alpha value is -1.19. The van der Waals surface area contributed by atoms with Crippen molar-refractivity contribution in [1.29, 1.82) is 0 Å². The normalized spacial score (nSPS) is 32.7. The highest BCUT2D eigenvalue weighted by molar-refractivity contribution is 5.96. The van der Waals surface area contributed by atoms with Crippen LogP contribution < -0.4 is 5.73 Å². The van der Waals surface area contributed by atoms with Gasteiger partial charge in [-0.3, -0.25) is 4.79 Å². The van der Waals surface area contributed by atoms with E-state index in [1.165, 1.54) is 25.7 Å². The van der Waals surface area contributed by atoms with Gasteiger partial charge in [-0.15, -0.1) is 0 Å². The summed E-state index contributed by atoms with van der Waals surface area (Å²) in [6, 6.07) is 0. The highest BCUT2D eigenvalue weighted by Gasteiger charge is 2.36. The topological polar surface area (TPSA) is 67.8 Å². The maximum absolute atomic E-state index is 11.3. The van der Waals surface area contributed by atoms with Crippen LogP contribution in [0.1, 0.15) is 52.4 Å². The first-order valence-electron chi connectivity index (χ1n) is 6.96. The molecule has 1 heterocycles. The molecule has 0 radical (unpaired) electrons. The largest absolute Gasteiger partial charge is 0.370 e. The molecule has 1 fully saturated rings. The minimum atomic E-state index is -0.188. The minimum absolute atomic E-state index is 0.188. The Morgan fingerprint density at radius 1 is 1.17 bits per heavy atom. The van der Waals surface area contributed by atoms with Crippen molar-refractivity contribution in [2.24, 2.45) is 33.7 Å². The zero-order valence-electron chi connectivity index (χ0n) is 11.4. The molecular formula is C14H23N3O. The molecule has 2 N–H and O–H groups in total. The summed E-state index contributed by atoms with van der Waals surface area (Å²) in [5, 5.41) is 8.55. The molecule has 3 atom stereocenters. The Bertz CT molecular complexity index is 387. The Balaban J connectivity index is 2.25. The lowest BCUT2D eigenvalue weighted by molar-refractivity contribution is -0.119. The van der Waals surface area contributed by atoms with Crippen LogP contribution in [0, 0.1) is 17.8 Å². The summed E-state index contributed by atoms with van der Waals surface area (Å²) in [4.78, 5) is 11.3. The molecule has 0 aromatic carbocycles. The molecule has 1 saturated carbocycles. The van der Waals surface area contributed by atoms with Crippen molar-refractivity contribution in [2.75, 3.05) is 0 Å². The average Bonchev–Trinajstić information content (AvgIpc) is 2.27. The van der Waals surface area contributed by atoms with Gasteiger partial charge in [-0.2, -0.15) is 10.2 Å². The smallest absolute Gasteiger partial charge is 0.217 e. The lowest BCUT2D eigenvalue weighted by atomic mass is 9.69. The molecule has 0 spiro atoms. The fourth-order valence-electron chi connectivity index (χ4n) is 3.52. The number of fused-ring (bicyclic) bond motifs is 1. The lowest BCUT2D eigenvalue weighted by Crippen LogP contribution is -2.38. The second kappa shape index (κ2) is 5.63. The summed E-state index contributed by atoms with van der Waals surface area (Å²) in [6.07, 6.45) is 6.45. The van der Waals surface area contributed by atoms with Gasteiger partial charge in [-0.1, -0.05) is 19.3 Å². The van der Waals surface area contributed by atoms with E-state index in [0.717, 1.165) is 17.8 Å². The van der Waals surface area contributed by atoms with Gasteiger partial charge in [-0.25, -0.2) is 0 Å². The molecule has 2 rings (SSSR count). The molecule has 0 bridgehead atoms. The van der Waals surface area contributed by atoms with Crippen LogP contribution in [0.15, 0.2) is 10.2 Å². The van der Waals surface area contributed by atoms with Gasteiger partial charge in [0.2, 0.25) is 5.91 Å². The zero-order chi connectivity index (χ0) is 13.1. The van der Waals surface area contributed by atoms with Gasteiger partial charge in [-0.05, 0) is 32.6 Å². The maximum atomic E-state index is 11.3. The number of carbonyl (C=O) groups excluding carboxylic acids is 1. The van der Waals surface area contributed by atoms with Crippen molar-refractivity contribution in [2.45, 2.75) is 52.4 Å². The highest BCUT2D eigenvalue weighted by Crippen LogP contribution is 2.37. The molecule has 0 unspecified atom stereocenters. The van der Waals surface area contributed by atoms with Gasteiger partial charge in [0.1, 0.15) is 0 Å². The molecule has 1 amide bonds.